The van der Waals surface area contributed by atoms with E-state index >= 15 is 0 Å². The van der Waals surface area contributed by atoms with E-state index in [1.807, 2.05) is 30.3 Å². The van der Waals surface area contributed by atoms with Crippen LogP contribution in [-0.4, -0.2) is 29.2 Å². The van der Waals surface area contributed by atoms with Gasteiger partial charge in [-0.3, -0.25) is 10.1 Å². The largest absolute Gasteiger partial charge is 0.465 e. The zero-order valence-electron chi connectivity index (χ0n) is 13.4. The quantitative estimate of drug-likeness (QED) is 0.713. The van der Waals surface area contributed by atoms with Crippen LogP contribution in [0.2, 0.25) is 0 Å². The first kappa shape index (κ1) is 16.8. The maximum atomic E-state index is 12.2. The maximum absolute atomic E-state index is 12.2. The Balaban J connectivity index is 1.64. The van der Waals surface area contributed by atoms with Crippen molar-refractivity contribution >= 4 is 28.3 Å². The van der Waals surface area contributed by atoms with Gasteiger partial charge in [0.15, 0.2) is 0 Å². The smallest absolute Gasteiger partial charge is 0.337 e. The summed E-state index contributed by atoms with van der Waals surface area (Å²) in [4.78, 5) is 23.6. The highest BCUT2D eigenvalue weighted by molar-refractivity contribution is 7.15. The fourth-order valence-electron chi connectivity index (χ4n) is 2.19. The number of hydrogen-bond donors (Lipinski definition) is 1. The Morgan fingerprint density at radius 2 is 1.68 bits per heavy atom. The van der Waals surface area contributed by atoms with Crippen LogP contribution in [0.25, 0.3) is 0 Å². The summed E-state index contributed by atoms with van der Waals surface area (Å²) in [6.07, 6.45) is 0.669. The second-order valence-corrected chi connectivity index (χ2v) is 6.25. The number of nitrogens with one attached hydrogen (secondary N) is 1. The van der Waals surface area contributed by atoms with Gasteiger partial charge in [0.25, 0.3) is 5.91 Å². The molecule has 0 saturated carbocycles. The van der Waals surface area contributed by atoms with Crippen LogP contribution in [0.3, 0.4) is 0 Å². The van der Waals surface area contributed by atoms with Crippen molar-refractivity contribution in [2.24, 2.45) is 0 Å². The summed E-state index contributed by atoms with van der Waals surface area (Å²) in [6.45, 7) is 0. The highest BCUT2D eigenvalue weighted by Crippen LogP contribution is 2.19. The molecule has 0 atom stereocenters. The standard InChI is InChI=1S/C18H15N3O3S/c1-24-17(23)14-9-7-13(8-10-14)16(22)19-18-21-20-15(25-18)11-12-5-3-2-4-6-12/h2-10H,11H2,1H3,(H,19,21,22). The highest BCUT2D eigenvalue weighted by Gasteiger charge is 2.12. The predicted molar refractivity (Wildman–Crippen MR) is 94.9 cm³/mol. The second kappa shape index (κ2) is 7.67. The van der Waals surface area contributed by atoms with Crippen molar-refractivity contribution in [3.05, 3.63) is 76.3 Å². The Hall–Kier alpha value is -3.06. The first-order chi connectivity index (χ1) is 12.2. The lowest BCUT2D eigenvalue weighted by atomic mass is 10.1. The second-order valence-electron chi connectivity index (χ2n) is 5.19. The van der Waals surface area contributed by atoms with Crippen LogP contribution in [0.5, 0.6) is 0 Å². The van der Waals surface area contributed by atoms with Gasteiger partial charge < -0.3 is 4.74 Å². The summed E-state index contributed by atoms with van der Waals surface area (Å²) in [7, 11) is 1.31. The molecule has 1 heterocycles. The molecule has 1 aromatic heterocycles. The van der Waals surface area contributed by atoms with Crippen LogP contribution in [0.15, 0.2) is 54.6 Å². The molecule has 0 aliphatic carbocycles. The first-order valence-corrected chi connectivity index (χ1v) is 8.33. The van der Waals surface area contributed by atoms with Gasteiger partial charge in [0.2, 0.25) is 5.13 Å². The number of amides is 1. The third-order valence-electron chi connectivity index (χ3n) is 3.45. The molecule has 3 rings (SSSR count). The van der Waals surface area contributed by atoms with E-state index in [0.29, 0.717) is 22.7 Å². The van der Waals surface area contributed by atoms with Crippen LogP contribution in [-0.2, 0) is 11.2 Å². The fraction of sp³-hybridized carbons (Fsp3) is 0.111. The number of benzene rings is 2. The lowest BCUT2D eigenvalue weighted by Gasteiger charge is -2.02. The normalized spacial score (nSPS) is 10.3. The Labute approximate surface area is 148 Å². The van der Waals surface area contributed by atoms with Crippen molar-refractivity contribution in [1.82, 2.24) is 10.2 Å². The van der Waals surface area contributed by atoms with E-state index in [9.17, 15) is 9.59 Å². The zero-order valence-corrected chi connectivity index (χ0v) is 14.2. The van der Waals surface area contributed by atoms with E-state index in [-0.39, 0.29) is 5.91 Å². The monoisotopic (exact) mass is 353 g/mol. The molecule has 0 aliphatic rings. The summed E-state index contributed by atoms with van der Waals surface area (Å²) >= 11 is 1.33. The molecule has 3 aromatic rings. The average molecular weight is 353 g/mol. The van der Waals surface area contributed by atoms with Crippen molar-refractivity contribution in [2.75, 3.05) is 12.4 Å². The van der Waals surface area contributed by atoms with Crippen LogP contribution in [0.1, 0.15) is 31.3 Å². The molecule has 0 unspecified atom stereocenters. The molecule has 0 saturated heterocycles. The number of carbonyl (C=O) groups excluding carboxylic acids is 2. The number of aromatic nitrogens is 2. The van der Waals surface area contributed by atoms with E-state index < -0.39 is 5.97 Å². The lowest BCUT2D eigenvalue weighted by Crippen LogP contribution is -2.12. The molecule has 1 amide bonds. The molecule has 0 spiro atoms. The van der Waals surface area contributed by atoms with Gasteiger partial charge in [-0.05, 0) is 29.8 Å². The summed E-state index contributed by atoms with van der Waals surface area (Å²) in [5, 5.41) is 12.1. The number of ether oxygens (including phenoxy) is 1. The van der Waals surface area contributed by atoms with E-state index in [0.717, 1.165) is 10.6 Å². The van der Waals surface area contributed by atoms with Crippen LogP contribution >= 0.6 is 11.3 Å². The van der Waals surface area contributed by atoms with Gasteiger partial charge in [-0.2, -0.15) is 0 Å². The minimum Gasteiger partial charge on any atom is -0.465 e. The van der Waals surface area contributed by atoms with Gasteiger partial charge in [-0.25, -0.2) is 4.79 Å². The highest BCUT2D eigenvalue weighted by atomic mass is 32.1. The SMILES string of the molecule is COC(=O)c1ccc(C(=O)Nc2nnc(Cc3ccccc3)s2)cc1. The third kappa shape index (κ3) is 4.27. The number of carbonyl (C=O) groups is 2. The van der Waals surface area contributed by atoms with Crippen LogP contribution in [0.4, 0.5) is 5.13 Å². The molecule has 0 radical (unpaired) electrons. The lowest BCUT2D eigenvalue weighted by molar-refractivity contribution is 0.0600. The Morgan fingerprint density at radius 3 is 2.36 bits per heavy atom. The van der Waals surface area contributed by atoms with Gasteiger partial charge in [0, 0.05) is 12.0 Å². The third-order valence-corrected chi connectivity index (χ3v) is 4.29. The topological polar surface area (TPSA) is 81.2 Å². The molecule has 126 valence electrons. The Morgan fingerprint density at radius 1 is 1.00 bits per heavy atom. The number of anilines is 1. The van der Waals surface area contributed by atoms with Crippen molar-refractivity contribution in [1.29, 1.82) is 0 Å². The Bertz CT molecular complexity index is 876. The molecule has 2 aromatic carbocycles. The fourth-order valence-corrected chi connectivity index (χ4v) is 2.96. The summed E-state index contributed by atoms with van der Waals surface area (Å²) < 4.78 is 4.63. The summed E-state index contributed by atoms with van der Waals surface area (Å²) in [6, 6.07) is 16.1. The molecular weight excluding hydrogens is 338 g/mol. The van der Waals surface area contributed by atoms with Gasteiger partial charge in [0.05, 0.1) is 12.7 Å². The van der Waals surface area contributed by atoms with E-state index in [2.05, 4.69) is 20.3 Å². The van der Waals surface area contributed by atoms with Crippen molar-refractivity contribution in [2.45, 2.75) is 6.42 Å². The molecule has 1 N–H and O–H groups in total. The number of esters is 1. The molecule has 25 heavy (non-hydrogen) atoms. The number of methoxy groups -OCH3 is 1. The average Bonchev–Trinajstić information content (AvgIpc) is 3.08. The maximum Gasteiger partial charge on any atom is 0.337 e. The predicted octanol–water partition coefficient (Wildman–Crippen LogP) is 3.17. The minimum atomic E-state index is -0.443. The number of rotatable bonds is 5. The first-order valence-electron chi connectivity index (χ1n) is 7.52. The van der Waals surface area contributed by atoms with Gasteiger partial charge in [-0.15, -0.1) is 10.2 Å². The van der Waals surface area contributed by atoms with Crippen molar-refractivity contribution < 1.29 is 14.3 Å². The van der Waals surface area contributed by atoms with E-state index in [1.165, 1.54) is 18.4 Å². The molecule has 7 heteroatoms. The van der Waals surface area contributed by atoms with E-state index in [4.69, 9.17) is 0 Å². The molecule has 0 bridgehead atoms. The van der Waals surface area contributed by atoms with E-state index in [1.54, 1.807) is 24.3 Å². The summed E-state index contributed by atoms with van der Waals surface area (Å²) in [5.74, 6) is -0.750. The van der Waals surface area contributed by atoms with Crippen LogP contribution in [0, 0.1) is 0 Å². The minimum absolute atomic E-state index is 0.307. The van der Waals surface area contributed by atoms with Crippen molar-refractivity contribution in [3.63, 3.8) is 0 Å². The van der Waals surface area contributed by atoms with Gasteiger partial charge in [-0.1, -0.05) is 41.7 Å². The number of nitrogens with zero attached hydrogens (tertiary/aromatic N) is 2. The summed E-state index contributed by atoms with van der Waals surface area (Å²) in [5.41, 5.74) is 1.95. The zero-order chi connectivity index (χ0) is 17.6. The number of hydrogen-bond acceptors (Lipinski definition) is 6. The van der Waals surface area contributed by atoms with Crippen LogP contribution < -0.4 is 5.32 Å². The molecule has 6 nitrogen and oxygen atoms in total. The molecule has 0 fully saturated rings. The molecular formula is C18H15N3O3S. The van der Waals surface area contributed by atoms with Gasteiger partial charge >= 0.3 is 5.97 Å². The molecule has 0 aliphatic heterocycles. The van der Waals surface area contributed by atoms with Crippen molar-refractivity contribution in [3.8, 4) is 0 Å². The van der Waals surface area contributed by atoms with Gasteiger partial charge in [0.1, 0.15) is 5.01 Å². The Kier molecular flexibility index (Phi) is 5.15.